The average molecular weight is 406 g/mol. The minimum Gasteiger partial charge on any atom is -0.494 e. The summed E-state index contributed by atoms with van der Waals surface area (Å²) in [5.41, 5.74) is 2.26. The Bertz CT molecular complexity index is 1330. The lowest BCUT2D eigenvalue weighted by Crippen LogP contribution is -2.29. The molecule has 0 unspecified atom stereocenters. The van der Waals surface area contributed by atoms with Gasteiger partial charge in [-0.05, 0) is 31.5 Å². The minimum atomic E-state index is -0.750. The number of halogens is 1. The smallest absolute Gasteiger partial charge is 0.285 e. The number of H-pyrrole nitrogens is 1. The topological polar surface area (TPSA) is 88.5 Å². The summed E-state index contributed by atoms with van der Waals surface area (Å²) in [5, 5.41) is 5.42. The number of rotatable bonds is 4. The van der Waals surface area contributed by atoms with E-state index >= 15 is 0 Å². The van der Waals surface area contributed by atoms with Gasteiger partial charge in [-0.25, -0.2) is 13.9 Å². The molecule has 0 atom stereocenters. The van der Waals surface area contributed by atoms with E-state index in [1.54, 1.807) is 13.0 Å². The first-order chi connectivity index (χ1) is 14.4. The molecular formula is C22H19FN4O3. The van der Waals surface area contributed by atoms with Crippen molar-refractivity contribution in [3.05, 3.63) is 81.7 Å². The second-order valence-electron chi connectivity index (χ2n) is 6.79. The van der Waals surface area contributed by atoms with E-state index in [0.717, 1.165) is 16.8 Å². The molecular weight excluding hydrogens is 387 g/mol. The van der Waals surface area contributed by atoms with Crippen molar-refractivity contribution >= 4 is 17.2 Å². The number of hydrogen-bond acceptors (Lipinski definition) is 4. The first kappa shape index (κ1) is 19.4. The van der Waals surface area contributed by atoms with Crippen molar-refractivity contribution in [3.8, 4) is 16.9 Å². The van der Waals surface area contributed by atoms with Crippen LogP contribution in [-0.2, 0) is 0 Å². The van der Waals surface area contributed by atoms with Crippen molar-refractivity contribution in [1.29, 1.82) is 0 Å². The lowest BCUT2D eigenvalue weighted by Gasteiger charge is -2.10. The third-order valence-corrected chi connectivity index (χ3v) is 4.86. The van der Waals surface area contributed by atoms with Gasteiger partial charge in [0, 0.05) is 11.3 Å². The van der Waals surface area contributed by atoms with E-state index in [1.165, 1.54) is 23.8 Å². The molecule has 2 N–H and O–H groups in total. The summed E-state index contributed by atoms with van der Waals surface area (Å²) >= 11 is 0. The van der Waals surface area contributed by atoms with Gasteiger partial charge in [0.15, 0.2) is 17.2 Å². The Morgan fingerprint density at radius 3 is 2.57 bits per heavy atom. The summed E-state index contributed by atoms with van der Waals surface area (Å²) in [6.07, 6.45) is 0. The van der Waals surface area contributed by atoms with Crippen LogP contribution < -0.4 is 15.6 Å². The number of carbonyl (C=O) groups is 1. The van der Waals surface area contributed by atoms with Crippen LogP contribution in [0.25, 0.3) is 16.8 Å². The molecule has 8 heteroatoms. The number of nitrogens with one attached hydrogen (secondary N) is 2. The molecule has 0 saturated carbocycles. The Hall–Kier alpha value is -3.94. The number of aryl methyl sites for hydroxylation is 2. The number of aromatic amines is 1. The van der Waals surface area contributed by atoms with Gasteiger partial charge in [0.25, 0.3) is 11.5 Å². The van der Waals surface area contributed by atoms with Crippen molar-refractivity contribution in [1.82, 2.24) is 14.6 Å². The number of hydrogen-bond donors (Lipinski definition) is 2. The highest BCUT2D eigenvalue weighted by Gasteiger charge is 2.23. The monoisotopic (exact) mass is 406 g/mol. The van der Waals surface area contributed by atoms with Crippen LogP contribution in [0.5, 0.6) is 5.75 Å². The van der Waals surface area contributed by atoms with E-state index in [1.807, 2.05) is 37.3 Å². The quantitative estimate of drug-likeness (QED) is 0.541. The molecule has 0 saturated heterocycles. The molecule has 0 spiro atoms. The largest absolute Gasteiger partial charge is 0.494 e. The minimum absolute atomic E-state index is 0.0117. The highest BCUT2D eigenvalue weighted by molar-refractivity contribution is 6.05. The van der Waals surface area contributed by atoms with Gasteiger partial charge < -0.3 is 10.1 Å². The average Bonchev–Trinajstić information content (AvgIpc) is 3.06. The molecule has 2 aromatic carbocycles. The number of anilines is 1. The van der Waals surface area contributed by atoms with Gasteiger partial charge >= 0.3 is 0 Å². The van der Waals surface area contributed by atoms with Crippen LogP contribution in [0.4, 0.5) is 10.1 Å². The fourth-order valence-electron chi connectivity index (χ4n) is 3.45. The van der Waals surface area contributed by atoms with Crippen LogP contribution in [0.1, 0.15) is 21.7 Å². The van der Waals surface area contributed by atoms with Crippen molar-refractivity contribution in [2.45, 2.75) is 13.8 Å². The highest BCUT2D eigenvalue weighted by atomic mass is 19.1. The number of carbonyl (C=O) groups excluding carboxylic acids is 1. The van der Waals surface area contributed by atoms with E-state index in [-0.39, 0.29) is 22.7 Å². The Labute approximate surface area is 171 Å². The van der Waals surface area contributed by atoms with Gasteiger partial charge in [0.05, 0.1) is 18.5 Å². The number of methoxy groups -OCH3 is 1. The number of ether oxygens (including phenoxy) is 1. The predicted molar refractivity (Wildman–Crippen MR) is 112 cm³/mol. The van der Waals surface area contributed by atoms with Gasteiger partial charge in [0.2, 0.25) is 0 Å². The maximum atomic E-state index is 14.4. The van der Waals surface area contributed by atoms with Crippen molar-refractivity contribution < 1.29 is 13.9 Å². The summed E-state index contributed by atoms with van der Waals surface area (Å²) < 4.78 is 20.6. The Kier molecular flexibility index (Phi) is 4.83. The van der Waals surface area contributed by atoms with Crippen molar-refractivity contribution in [2.24, 2.45) is 0 Å². The van der Waals surface area contributed by atoms with E-state index in [4.69, 9.17) is 4.74 Å². The number of fused-ring (bicyclic) bond motifs is 1. The van der Waals surface area contributed by atoms with Gasteiger partial charge in [-0.1, -0.05) is 36.4 Å². The molecule has 30 heavy (non-hydrogen) atoms. The van der Waals surface area contributed by atoms with Crippen molar-refractivity contribution in [3.63, 3.8) is 0 Å². The van der Waals surface area contributed by atoms with E-state index in [2.05, 4.69) is 15.4 Å². The number of nitrogens with zero attached hydrogens (tertiary/aromatic N) is 2. The molecule has 0 aliphatic heterocycles. The van der Waals surface area contributed by atoms with Crippen LogP contribution in [-0.4, -0.2) is 27.6 Å². The summed E-state index contributed by atoms with van der Waals surface area (Å²) in [6.45, 7) is 3.41. The summed E-state index contributed by atoms with van der Waals surface area (Å²) in [5.74, 6) is -1.48. The normalized spacial score (nSPS) is 10.9. The molecule has 0 bridgehead atoms. The predicted octanol–water partition coefficient (Wildman–Crippen LogP) is 3.71. The molecule has 1 amide bonds. The summed E-state index contributed by atoms with van der Waals surface area (Å²) in [6, 6.07) is 13.9. The molecule has 7 nitrogen and oxygen atoms in total. The number of benzene rings is 2. The fraction of sp³-hybridized carbons (Fsp3) is 0.136. The van der Waals surface area contributed by atoms with E-state index in [9.17, 15) is 14.0 Å². The zero-order valence-corrected chi connectivity index (χ0v) is 16.6. The first-order valence-electron chi connectivity index (χ1n) is 9.23. The molecule has 0 aliphatic rings. The molecule has 2 heterocycles. The fourth-order valence-corrected chi connectivity index (χ4v) is 3.45. The molecule has 4 rings (SSSR count). The maximum absolute atomic E-state index is 14.4. The van der Waals surface area contributed by atoms with Crippen LogP contribution in [0.15, 0.2) is 53.3 Å². The molecule has 4 aromatic rings. The summed E-state index contributed by atoms with van der Waals surface area (Å²) in [7, 11) is 1.33. The zero-order chi connectivity index (χ0) is 21.4. The van der Waals surface area contributed by atoms with Crippen LogP contribution in [0, 0.1) is 19.7 Å². The third kappa shape index (κ3) is 3.12. The second kappa shape index (κ2) is 7.47. The van der Waals surface area contributed by atoms with E-state index in [0.29, 0.717) is 5.65 Å². The zero-order valence-electron chi connectivity index (χ0n) is 16.6. The van der Waals surface area contributed by atoms with Crippen molar-refractivity contribution in [2.75, 3.05) is 12.4 Å². The molecule has 152 valence electrons. The highest BCUT2D eigenvalue weighted by Crippen LogP contribution is 2.27. The molecule has 2 aromatic heterocycles. The lowest BCUT2D eigenvalue weighted by atomic mass is 10.1. The van der Waals surface area contributed by atoms with E-state index < -0.39 is 17.3 Å². The number of amides is 1. The molecule has 0 aliphatic carbocycles. The van der Waals surface area contributed by atoms with Crippen LogP contribution in [0.3, 0.4) is 0 Å². The van der Waals surface area contributed by atoms with Gasteiger partial charge in [0.1, 0.15) is 5.56 Å². The van der Waals surface area contributed by atoms with Gasteiger partial charge in [-0.3, -0.25) is 14.7 Å². The SMILES string of the molecule is COc1cccc(NC(=O)c2c(C)nc3c(-c4ccccc4)c(C)[nH]n3c2=O)c1F. The number of aromatic nitrogens is 3. The Morgan fingerprint density at radius 1 is 1.13 bits per heavy atom. The molecule has 0 fully saturated rings. The lowest BCUT2D eigenvalue weighted by molar-refractivity contribution is 0.102. The Balaban J connectivity index is 1.82. The first-order valence-corrected chi connectivity index (χ1v) is 9.23. The maximum Gasteiger partial charge on any atom is 0.285 e. The standard InChI is InChI=1S/C22H19FN4O3/c1-12-18(21(28)25-15-10-7-11-16(30-3)19(15)23)22(29)27-20(24-12)17(13(2)26-27)14-8-5-4-6-9-14/h4-11,26H,1-3H3,(H,25,28). The van der Waals surface area contributed by atoms with Gasteiger partial charge in [-0.15, -0.1) is 0 Å². The summed E-state index contributed by atoms with van der Waals surface area (Å²) in [4.78, 5) is 30.4. The van der Waals surface area contributed by atoms with Gasteiger partial charge in [-0.2, -0.15) is 0 Å². The van der Waals surface area contributed by atoms with Crippen LogP contribution >= 0.6 is 0 Å². The van der Waals surface area contributed by atoms with Crippen LogP contribution in [0.2, 0.25) is 0 Å². The second-order valence-corrected chi connectivity index (χ2v) is 6.79. The third-order valence-electron chi connectivity index (χ3n) is 4.86. The molecule has 0 radical (unpaired) electrons. The Morgan fingerprint density at radius 2 is 1.87 bits per heavy atom.